The molecule has 2 saturated heterocycles. The van der Waals surface area contributed by atoms with Crippen molar-refractivity contribution < 1.29 is 24.5 Å². The molecule has 3 saturated carbocycles. The van der Waals surface area contributed by atoms with E-state index < -0.39 is 11.9 Å². The van der Waals surface area contributed by atoms with Gasteiger partial charge in [-0.25, -0.2) is 0 Å². The quantitative estimate of drug-likeness (QED) is 0.523. The first-order valence-electron chi connectivity index (χ1n) is 15.2. The summed E-state index contributed by atoms with van der Waals surface area (Å²) in [6, 6.07) is 9.66. The highest BCUT2D eigenvalue weighted by Crippen LogP contribution is 2.68. The molecule has 5 fully saturated rings. The first-order chi connectivity index (χ1) is 18.3. The number of rotatable bonds is 5. The zero-order chi connectivity index (χ0) is 26.5. The SMILES string of the molecule is C[C@]12CC[C@H](O)C[C@@H]1CC[C@@H]1[C@@H]2CC[C@@]2(C)[C@H]1C[C@H](C(=O)N[C@H](CO)Cc1ccccc1)O[C@]21CCCO1. The fraction of sp³-hybridized carbons (Fsp3) is 0.781. The van der Waals surface area contributed by atoms with E-state index >= 15 is 0 Å². The number of nitrogens with one attached hydrogen (secondary N) is 1. The fourth-order valence-electron chi connectivity index (χ4n) is 9.78. The second-order valence-electron chi connectivity index (χ2n) is 13.7. The molecule has 1 aromatic rings. The highest BCUT2D eigenvalue weighted by atomic mass is 16.7. The molecule has 2 heterocycles. The Morgan fingerprint density at radius 3 is 2.61 bits per heavy atom. The molecule has 6 rings (SSSR count). The van der Waals surface area contributed by atoms with Crippen molar-refractivity contribution in [1.82, 2.24) is 5.32 Å². The Morgan fingerprint density at radius 1 is 1.05 bits per heavy atom. The van der Waals surface area contributed by atoms with E-state index in [1.165, 1.54) is 19.3 Å². The molecule has 2 aliphatic heterocycles. The lowest BCUT2D eigenvalue weighted by atomic mass is 9.42. The molecular weight excluding hydrogens is 478 g/mol. The van der Waals surface area contributed by atoms with Gasteiger partial charge in [-0.3, -0.25) is 4.79 Å². The topological polar surface area (TPSA) is 88.0 Å². The van der Waals surface area contributed by atoms with Gasteiger partial charge in [0.1, 0.15) is 6.10 Å². The summed E-state index contributed by atoms with van der Waals surface area (Å²) >= 11 is 0. The fourth-order valence-corrected chi connectivity index (χ4v) is 9.78. The molecule has 1 amide bonds. The molecule has 3 N–H and O–H groups in total. The zero-order valence-corrected chi connectivity index (χ0v) is 23.2. The number of fused-ring (bicyclic) bond motifs is 6. The van der Waals surface area contributed by atoms with Gasteiger partial charge in [-0.2, -0.15) is 0 Å². The molecule has 0 radical (unpaired) electrons. The summed E-state index contributed by atoms with van der Waals surface area (Å²) in [5.74, 6) is 1.36. The first kappa shape index (κ1) is 26.7. The monoisotopic (exact) mass is 525 g/mol. The minimum atomic E-state index is -0.697. The van der Waals surface area contributed by atoms with Gasteiger partial charge in [0.25, 0.3) is 0 Å². The van der Waals surface area contributed by atoms with Gasteiger partial charge in [-0.1, -0.05) is 44.2 Å². The summed E-state index contributed by atoms with van der Waals surface area (Å²) in [5.41, 5.74) is 1.28. The third-order valence-electron chi connectivity index (χ3n) is 11.9. The molecule has 0 aromatic heterocycles. The van der Waals surface area contributed by atoms with Crippen molar-refractivity contribution >= 4 is 5.91 Å². The first-order valence-corrected chi connectivity index (χ1v) is 15.2. The van der Waals surface area contributed by atoms with Gasteiger partial charge < -0.3 is 25.0 Å². The predicted octanol–water partition coefficient (Wildman–Crippen LogP) is 4.61. The van der Waals surface area contributed by atoms with Crippen LogP contribution in [0.2, 0.25) is 0 Å². The molecule has 6 nitrogen and oxygen atoms in total. The largest absolute Gasteiger partial charge is 0.394 e. The molecule has 1 aromatic carbocycles. The van der Waals surface area contributed by atoms with Gasteiger partial charge in [0, 0.05) is 11.8 Å². The Bertz CT molecular complexity index is 995. The average Bonchev–Trinajstić information content (AvgIpc) is 3.39. The molecule has 6 heteroatoms. The van der Waals surface area contributed by atoms with Crippen LogP contribution < -0.4 is 5.32 Å². The van der Waals surface area contributed by atoms with Crippen LogP contribution in [0, 0.1) is 34.5 Å². The van der Waals surface area contributed by atoms with E-state index in [0.717, 1.165) is 50.5 Å². The molecule has 10 atom stereocenters. The molecular formula is C32H47NO5. The number of aliphatic hydroxyl groups is 2. The number of carbonyl (C=O) groups excluding carboxylic acids is 1. The molecule has 3 aliphatic carbocycles. The smallest absolute Gasteiger partial charge is 0.249 e. The van der Waals surface area contributed by atoms with Gasteiger partial charge in [0.15, 0.2) is 5.79 Å². The van der Waals surface area contributed by atoms with Crippen molar-refractivity contribution in [1.29, 1.82) is 0 Å². The Kier molecular flexibility index (Phi) is 7.16. The molecule has 5 aliphatic rings. The van der Waals surface area contributed by atoms with Crippen LogP contribution in [0.3, 0.4) is 0 Å². The van der Waals surface area contributed by atoms with Crippen LogP contribution in [-0.4, -0.2) is 53.4 Å². The van der Waals surface area contributed by atoms with E-state index in [1.807, 2.05) is 30.3 Å². The maximum atomic E-state index is 13.7. The number of aliphatic hydroxyl groups excluding tert-OH is 2. The summed E-state index contributed by atoms with van der Waals surface area (Å²) in [4.78, 5) is 13.7. The number of hydrogen-bond donors (Lipinski definition) is 3. The molecule has 210 valence electrons. The lowest BCUT2D eigenvalue weighted by molar-refractivity contribution is -0.348. The highest BCUT2D eigenvalue weighted by Gasteiger charge is 2.67. The van der Waals surface area contributed by atoms with E-state index in [4.69, 9.17) is 9.47 Å². The van der Waals surface area contributed by atoms with Gasteiger partial charge in [-0.05, 0) is 98.9 Å². The summed E-state index contributed by atoms with van der Waals surface area (Å²) < 4.78 is 13.2. The van der Waals surface area contributed by atoms with Gasteiger partial charge >= 0.3 is 0 Å². The van der Waals surface area contributed by atoms with Crippen molar-refractivity contribution in [2.45, 2.75) is 109 Å². The van der Waals surface area contributed by atoms with Gasteiger partial charge in [-0.15, -0.1) is 0 Å². The van der Waals surface area contributed by atoms with Crippen LogP contribution in [0.15, 0.2) is 30.3 Å². The van der Waals surface area contributed by atoms with Crippen LogP contribution in [0.5, 0.6) is 0 Å². The maximum Gasteiger partial charge on any atom is 0.249 e. The number of benzene rings is 1. The second-order valence-corrected chi connectivity index (χ2v) is 13.7. The molecule has 1 spiro atoms. The Labute approximate surface area is 227 Å². The minimum absolute atomic E-state index is 0.0980. The summed E-state index contributed by atoms with van der Waals surface area (Å²) in [6.45, 7) is 5.48. The number of carbonyl (C=O) groups is 1. The molecule has 0 unspecified atom stereocenters. The van der Waals surface area contributed by atoms with Crippen molar-refractivity contribution in [2.75, 3.05) is 13.2 Å². The summed E-state index contributed by atoms with van der Waals surface area (Å²) in [7, 11) is 0. The number of hydrogen-bond acceptors (Lipinski definition) is 5. The third-order valence-corrected chi connectivity index (χ3v) is 11.9. The lowest BCUT2D eigenvalue weighted by Crippen LogP contribution is -2.66. The number of amides is 1. The van der Waals surface area contributed by atoms with Crippen molar-refractivity contribution in [3.8, 4) is 0 Å². The van der Waals surface area contributed by atoms with Crippen LogP contribution in [0.4, 0.5) is 0 Å². The third kappa shape index (κ3) is 4.34. The van der Waals surface area contributed by atoms with Crippen molar-refractivity contribution in [2.24, 2.45) is 34.5 Å². The van der Waals surface area contributed by atoms with Crippen molar-refractivity contribution in [3.05, 3.63) is 35.9 Å². The van der Waals surface area contributed by atoms with Gasteiger partial charge in [0.05, 0.1) is 25.4 Å². The summed E-state index contributed by atoms with van der Waals surface area (Å²) in [5, 5.41) is 23.6. The van der Waals surface area contributed by atoms with Gasteiger partial charge in [0.2, 0.25) is 5.91 Å². The summed E-state index contributed by atoms with van der Waals surface area (Å²) in [6.07, 6.45) is 10.0. The Morgan fingerprint density at radius 2 is 1.87 bits per heavy atom. The number of ether oxygens (including phenoxy) is 2. The van der Waals surface area contributed by atoms with Crippen LogP contribution in [0.1, 0.15) is 83.6 Å². The highest BCUT2D eigenvalue weighted by molar-refractivity contribution is 5.81. The van der Waals surface area contributed by atoms with Crippen LogP contribution in [-0.2, 0) is 20.7 Å². The molecule has 38 heavy (non-hydrogen) atoms. The van der Waals surface area contributed by atoms with Crippen LogP contribution >= 0.6 is 0 Å². The lowest BCUT2D eigenvalue weighted by Gasteiger charge is -2.66. The standard InChI is InChI=1S/C32H47NO5/c1-30-14-11-24(35)18-22(30)9-10-25-26(30)12-15-31(2)27(25)19-28(38-32(31)13-6-16-37-32)29(36)33-23(20-34)17-21-7-4-3-5-8-21/h3-5,7-8,22-28,34-35H,6,9-20H2,1-2H3,(H,33,36)/t22-,23-,24-,25+,26-,27-,28+,30-,31-,32+/m0/s1. The second kappa shape index (κ2) is 10.2. The van der Waals surface area contributed by atoms with E-state index in [2.05, 4.69) is 19.2 Å². The Hall–Kier alpha value is -1.47. The van der Waals surface area contributed by atoms with Crippen molar-refractivity contribution in [3.63, 3.8) is 0 Å². The van der Waals surface area contributed by atoms with E-state index in [-0.39, 0.29) is 35.5 Å². The normalized spacial score (nSPS) is 45.1. The average molecular weight is 526 g/mol. The molecule has 0 bridgehead atoms. The Balaban J connectivity index is 1.25. The maximum absolute atomic E-state index is 13.7. The zero-order valence-electron chi connectivity index (χ0n) is 23.2. The van der Waals surface area contributed by atoms with E-state index in [9.17, 15) is 15.0 Å². The minimum Gasteiger partial charge on any atom is -0.394 e. The predicted molar refractivity (Wildman–Crippen MR) is 145 cm³/mol. The van der Waals surface area contributed by atoms with E-state index in [0.29, 0.717) is 36.7 Å². The van der Waals surface area contributed by atoms with Crippen LogP contribution in [0.25, 0.3) is 0 Å². The van der Waals surface area contributed by atoms with E-state index in [1.54, 1.807) is 0 Å².